The van der Waals surface area contributed by atoms with Crippen LogP contribution in [0.1, 0.15) is 64.9 Å². The average molecular weight is 581 g/mol. The third kappa shape index (κ3) is 4.68. The SMILES string of the molecule is C/C=C(\C)C(=O)O[C@@H]1c2cc3c(c(OC)c2-c2c(cc4c(c2OC)OCO4)[C@H](OC(=O)/C(C)=C/C)[C@H](C)[C@@H]1C)OCO3. The van der Waals surface area contributed by atoms with Crippen molar-refractivity contribution in [3.8, 4) is 45.6 Å². The van der Waals surface area contributed by atoms with Crippen LogP contribution in [0, 0.1) is 11.8 Å². The van der Waals surface area contributed by atoms with E-state index in [1.165, 1.54) is 14.2 Å². The van der Waals surface area contributed by atoms with E-state index in [1.807, 2.05) is 26.0 Å². The lowest BCUT2D eigenvalue weighted by molar-refractivity contribution is -0.156. The van der Waals surface area contributed by atoms with Gasteiger partial charge >= 0.3 is 11.9 Å². The van der Waals surface area contributed by atoms with Crippen LogP contribution in [0.25, 0.3) is 11.1 Å². The maximum absolute atomic E-state index is 13.3. The molecule has 2 heterocycles. The molecular weight excluding hydrogens is 544 g/mol. The number of methoxy groups -OCH3 is 2. The second kappa shape index (κ2) is 11.5. The van der Waals surface area contributed by atoms with Gasteiger partial charge in [0.2, 0.25) is 25.1 Å². The first-order valence-corrected chi connectivity index (χ1v) is 13.9. The van der Waals surface area contributed by atoms with Gasteiger partial charge in [-0.3, -0.25) is 0 Å². The third-order valence-electron chi connectivity index (χ3n) is 8.33. The summed E-state index contributed by atoms with van der Waals surface area (Å²) in [5.41, 5.74) is 3.26. The van der Waals surface area contributed by atoms with Gasteiger partial charge in [0.15, 0.2) is 23.0 Å². The Morgan fingerprint density at radius 2 is 1.10 bits per heavy atom. The van der Waals surface area contributed by atoms with E-state index in [0.29, 0.717) is 67.9 Å². The fraction of sp³-hybridized carbons (Fsp3) is 0.438. The topological polar surface area (TPSA) is 108 Å². The highest BCUT2D eigenvalue weighted by atomic mass is 16.7. The Morgan fingerprint density at radius 3 is 1.43 bits per heavy atom. The van der Waals surface area contributed by atoms with Crippen LogP contribution < -0.4 is 28.4 Å². The Bertz CT molecular complexity index is 1380. The maximum atomic E-state index is 13.3. The summed E-state index contributed by atoms with van der Waals surface area (Å²) in [4.78, 5) is 26.5. The molecule has 2 aromatic carbocycles. The van der Waals surface area contributed by atoms with E-state index in [0.717, 1.165) is 0 Å². The predicted octanol–water partition coefficient (Wildman–Crippen LogP) is 6.22. The molecule has 0 spiro atoms. The molecule has 0 aromatic heterocycles. The average Bonchev–Trinajstić information content (AvgIpc) is 3.68. The van der Waals surface area contributed by atoms with E-state index in [-0.39, 0.29) is 25.4 Å². The van der Waals surface area contributed by atoms with Gasteiger partial charge in [-0.05, 0) is 39.8 Å². The van der Waals surface area contributed by atoms with E-state index in [4.69, 9.17) is 37.9 Å². The van der Waals surface area contributed by atoms with Gasteiger partial charge < -0.3 is 37.9 Å². The molecule has 2 aliphatic heterocycles. The Hall–Kier alpha value is -4.34. The molecule has 3 aliphatic rings. The summed E-state index contributed by atoms with van der Waals surface area (Å²) in [5, 5.41) is 0. The van der Waals surface area contributed by atoms with Crippen molar-refractivity contribution in [2.45, 2.75) is 53.8 Å². The van der Waals surface area contributed by atoms with Gasteiger partial charge in [-0.15, -0.1) is 0 Å². The van der Waals surface area contributed by atoms with Gasteiger partial charge in [-0.1, -0.05) is 26.0 Å². The number of esters is 2. The standard InChI is InChI=1S/C32H36O10/c1-9-15(3)31(33)41-25-17(5)18(6)26(42-32(34)16(4)10-2)20-12-22-28(40-14-38-22)30(36-8)24(20)23-19(25)11-21-27(29(23)35-7)39-13-37-21/h9-12,17-18,25-26H,13-14H2,1-8H3/b15-9+,16-10+/t17-,18+,25-,26+. The highest BCUT2D eigenvalue weighted by molar-refractivity contribution is 5.92. The van der Waals surface area contributed by atoms with Crippen molar-refractivity contribution >= 4 is 11.9 Å². The molecule has 0 bridgehead atoms. The van der Waals surface area contributed by atoms with Gasteiger partial charge in [0.1, 0.15) is 12.2 Å². The summed E-state index contributed by atoms with van der Waals surface area (Å²) in [6.45, 7) is 10.9. The van der Waals surface area contributed by atoms with Crippen molar-refractivity contribution in [2.75, 3.05) is 27.8 Å². The first-order valence-electron chi connectivity index (χ1n) is 13.9. The van der Waals surface area contributed by atoms with E-state index in [2.05, 4.69) is 0 Å². The van der Waals surface area contributed by atoms with Crippen LogP contribution in [0.5, 0.6) is 34.5 Å². The van der Waals surface area contributed by atoms with Crippen LogP contribution in [0.2, 0.25) is 0 Å². The number of rotatable bonds is 6. The molecule has 2 aromatic rings. The van der Waals surface area contributed by atoms with Crippen molar-refractivity contribution in [3.05, 3.63) is 46.6 Å². The van der Waals surface area contributed by atoms with Gasteiger partial charge in [0.25, 0.3) is 0 Å². The van der Waals surface area contributed by atoms with Crippen molar-refractivity contribution in [1.82, 2.24) is 0 Å². The summed E-state index contributed by atoms with van der Waals surface area (Å²) >= 11 is 0. The third-order valence-corrected chi connectivity index (χ3v) is 8.33. The predicted molar refractivity (Wildman–Crippen MR) is 152 cm³/mol. The molecule has 0 unspecified atom stereocenters. The van der Waals surface area contributed by atoms with Crippen molar-refractivity contribution in [3.63, 3.8) is 0 Å². The molecule has 0 fully saturated rings. The summed E-state index contributed by atoms with van der Waals surface area (Å²) in [5.74, 6) is 0.795. The van der Waals surface area contributed by atoms with Crippen LogP contribution in [-0.2, 0) is 19.1 Å². The summed E-state index contributed by atoms with van der Waals surface area (Å²) in [7, 11) is 3.05. The molecular formula is C32H36O10. The van der Waals surface area contributed by atoms with Crippen LogP contribution in [0.3, 0.4) is 0 Å². The zero-order valence-electron chi connectivity index (χ0n) is 25.1. The molecule has 5 rings (SSSR count). The first-order chi connectivity index (χ1) is 20.2. The van der Waals surface area contributed by atoms with Crippen LogP contribution >= 0.6 is 0 Å². The van der Waals surface area contributed by atoms with Gasteiger partial charge in [-0.2, -0.15) is 0 Å². The van der Waals surface area contributed by atoms with E-state index in [1.54, 1.807) is 39.8 Å². The minimum Gasteiger partial charge on any atom is -0.492 e. The lowest BCUT2D eigenvalue weighted by Crippen LogP contribution is -2.31. The summed E-state index contributed by atoms with van der Waals surface area (Å²) < 4.78 is 47.7. The van der Waals surface area contributed by atoms with Crippen LogP contribution in [0.15, 0.2) is 35.4 Å². The molecule has 0 amide bonds. The van der Waals surface area contributed by atoms with Crippen LogP contribution in [0.4, 0.5) is 0 Å². The van der Waals surface area contributed by atoms with Crippen molar-refractivity contribution < 1.29 is 47.5 Å². The number of carbonyl (C=O) groups excluding carboxylic acids is 2. The molecule has 224 valence electrons. The molecule has 0 radical (unpaired) electrons. The monoisotopic (exact) mass is 580 g/mol. The van der Waals surface area contributed by atoms with Crippen molar-refractivity contribution in [1.29, 1.82) is 0 Å². The highest BCUT2D eigenvalue weighted by Gasteiger charge is 2.45. The zero-order chi connectivity index (χ0) is 30.3. The molecule has 10 heteroatoms. The fourth-order valence-electron chi connectivity index (χ4n) is 5.53. The Kier molecular flexibility index (Phi) is 7.99. The zero-order valence-corrected chi connectivity index (χ0v) is 25.1. The number of ether oxygens (including phenoxy) is 8. The highest BCUT2D eigenvalue weighted by Crippen LogP contribution is 2.61. The Balaban J connectivity index is 1.89. The quantitative estimate of drug-likeness (QED) is 0.289. The number of hydrogen-bond acceptors (Lipinski definition) is 10. The second-order valence-corrected chi connectivity index (χ2v) is 10.5. The largest absolute Gasteiger partial charge is 0.492 e. The summed E-state index contributed by atoms with van der Waals surface area (Å²) in [6.07, 6.45) is 1.80. The molecule has 1 aliphatic carbocycles. The number of carbonyl (C=O) groups is 2. The number of hydrogen-bond donors (Lipinski definition) is 0. The van der Waals surface area contributed by atoms with Crippen molar-refractivity contribution in [2.24, 2.45) is 11.8 Å². The summed E-state index contributed by atoms with van der Waals surface area (Å²) in [6, 6.07) is 3.63. The first kappa shape index (κ1) is 29.2. The van der Waals surface area contributed by atoms with Crippen LogP contribution in [-0.4, -0.2) is 39.7 Å². The number of fused-ring (bicyclic) bond motifs is 5. The lowest BCUT2D eigenvalue weighted by Gasteiger charge is -2.38. The minimum atomic E-state index is -0.798. The van der Waals surface area contributed by atoms with Gasteiger partial charge in [0.05, 0.1) is 14.2 Å². The van der Waals surface area contributed by atoms with E-state index >= 15 is 0 Å². The number of allylic oxidation sites excluding steroid dienone is 2. The number of benzene rings is 2. The van der Waals surface area contributed by atoms with Gasteiger partial charge in [-0.25, -0.2) is 9.59 Å². The smallest absolute Gasteiger partial charge is 0.333 e. The normalized spacial score (nSPS) is 22.4. The second-order valence-electron chi connectivity index (χ2n) is 10.5. The Morgan fingerprint density at radius 1 is 0.714 bits per heavy atom. The molecule has 10 nitrogen and oxygen atoms in total. The molecule has 0 saturated heterocycles. The fourth-order valence-corrected chi connectivity index (χ4v) is 5.53. The molecule has 0 N–H and O–H groups in total. The molecule has 42 heavy (non-hydrogen) atoms. The van der Waals surface area contributed by atoms with Gasteiger partial charge in [0, 0.05) is 45.2 Å². The minimum absolute atomic E-state index is 0.00330. The molecule has 4 atom stereocenters. The maximum Gasteiger partial charge on any atom is 0.333 e. The van der Waals surface area contributed by atoms with E-state index < -0.39 is 24.1 Å². The van der Waals surface area contributed by atoms with E-state index in [9.17, 15) is 9.59 Å². The lowest BCUT2D eigenvalue weighted by atomic mass is 9.74. The molecule has 0 saturated carbocycles. The Labute approximate surface area is 245 Å².